The summed E-state index contributed by atoms with van der Waals surface area (Å²) < 4.78 is 40.2. The highest BCUT2D eigenvalue weighted by Gasteiger charge is 2.30. The smallest absolute Gasteiger partial charge is 0.344 e. The monoisotopic (exact) mass is 1610 g/mol. The van der Waals surface area contributed by atoms with Gasteiger partial charge in [0.25, 0.3) is 0 Å². The fourth-order valence-electron chi connectivity index (χ4n) is 12.6. The molecule has 0 saturated heterocycles. The SMILES string of the molecule is C1=[N+](c2ccccc2)CSc2c1cccc2Sc1ccccc1.CS(=O)(=O)c1cccc2c1SC[N+](c1ccccc1)=C2.CSC(=O)c1cccc2c1SC[N+](c1ccccc1)=C2.O=C(Oc1ccccc1)c1cccc2c1SC[N+](c1ccccc1)=C2.O=C(c1ccccc1)c1cccc2c1SC[N+](c1ccccc1)=C2. The number of ether oxygens (including phenoxy) is 1. The third-order valence-electron chi connectivity index (χ3n) is 18.0. The normalized spacial score (nSPS) is 13.4. The van der Waals surface area contributed by atoms with Gasteiger partial charge in [0.15, 0.2) is 76.1 Å². The summed E-state index contributed by atoms with van der Waals surface area (Å²) in [5, 5.41) is 0.135. The van der Waals surface area contributed by atoms with Gasteiger partial charge in [-0.3, -0.25) is 9.59 Å². The van der Waals surface area contributed by atoms with E-state index in [4.69, 9.17) is 4.74 Å². The van der Waals surface area contributed by atoms with Crippen molar-refractivity contribution < 1.29 is 50.4 Å². The summed E-state index contributed by atoms with van der Waals surface area (Å²) in [6, 6.07) is 110. The molecule has 552 valence electrons. The van der Waals surface area contributed by atoms with E-state index in [1.807, 2.05) is 218 Å². The van der Waals surface area contributed by atoms with Crippen LogP contribution in [0.4, 0.5) is 28.4 Å². The molecule has 0 unspecified atom stereocenters. The molecule has 0 bridgehead atoms. The summed E-state index contributed by atoms with van der Waals surface area (Å²) in [5.41, 5.74) is 14.3. The van der Waals surface area contributed by atoms with Crippen LogP contribution < -0.4 is 4.74 Å². The molecule has 0 atom stereocenters. The van der Waals surface area contributed by atoms with Crippen LogP contribution >= 0.6 is 82.3 Å². The molecule has 5 aliphatic heterocycles. The van der Waals surface area contributed by atoms with Crippen molar-refractivity contribution in [2.45, 2.75) is 39.2 Å². The Kier molecular flexibility index (Phi) is 26.6. The van der Waals surface area contributed by atoms with Crippen LogP contribution in [0.3, 0.4) is 0 Å². The summed E-state index contributed by atoms with van der Waals surface area (Å²) in [5.74, 6) is 4.37. The predicted octanol–water partition coefficient (Wildman–Crippen LogP) is 22.1. The number of benzene rings is 13. The van der Waals surface area contributed by atoms with Crippen LogP contribution in [0.1, 0.15) is 64.5 Å². The number of carbonyl (C=O) groups excluding carboxylic acids is 3. The third kappa shape index (κ3) is 19.8. The number of thioether (sulfide) groups is 6. The summed E-state index contributed by atoms with van der Waals surface area (Å²) >= 11 is 11.7. The molecule has 0 spiro atoms. The minimum absolute atomic E-state index is 0.0847. The van der Waals surface area contributed by atoms with Crippen molar-refractivity contribution in [3.05, 3.63) is 384 Å². The Balaban J connectivity index is 0.000000117. The predicted molar refractivity (Wildman–Crippen MR) is 466 cm³/mol. The zero-order valence-corrected chi connectivity index (χ0v) is 67.7. The first kappa shape index (κ1) is 78.1. The van der Waals surface area contributed by atoms with Gasteiger partial charge in [-0.2, -0.15) is 22.9 Å². The number of sulfone groups is 1. The van der Waals surface area contributed by atoms with E-state index in [9.17, 15) is 22.8 Å². The van der Waals surface area contributed by atoms with Gasteiger partial charge in [0.2, 0.25) is 33.6 Å². The summed E-state index contributed by atoms with van der Waals surface area (Å²) in [6.45, 7) is 0. The van der Waals surface area contributed by atoms with Gasteiger partial charge in [-0.05, 0) is 91.2 Å². The van der Waals surface area contributed by atoms with Crippen molar-refractivity contribution in [3.8, 4) is 5.75 Å². The lowest BCUT2D eigenvalue weighted by Gasteiger charge is -2.15. The molecule has 0 radical (unpaired) electrons. The van der Waals surface area contributed by atoms with E-state index < -0.39 is 9.84 Å². The van der Waals surface area contributed by atoms with Crippen molar-refractivity contribution in [2.24, 2.45) is 0 Å². The summed E-state index contributed by atoms with van der Waals surface area (Å²) in [6.07, 6.45) is 13.7. The van der Waals surface area contributed by atoms with Gasteiger partial charge in [-0.1, -0.05) is 270 Å². The van der Waals surface area contributed by atoms with Gasteiger partial charge in [0.1, 0.15) is 5.75 Å². The fourth-order valence-corrected chi connectivity index (χ4v) is 20.9. The second-order valence-electron chi connectivity index (χ2n) is 25.6. The lowest BCUT2D eigenvalue weighted by molar-refractivity contribution is -0.411. The first-order valence-corrected chi connectivity index (χ1v) is 44.8. The molecular formula is C93H76N5O6S8+5. The highest BCUT2D eigenvalue weighted by atomic mass is 32.2. The lowest BCUT2D eigenvalue weighted by atomic mass is 10.0. The first-order valence-electron chi connectivity index (χ1n) is 35.9. The molecule has 11 nitrogen and oxygen atoms in total. The second-order valence-corrected chi connectivity index (χ2v) is 34.3. The highest BCUT2D eigenvalue weighted by Crippen LogP contribution is 2.41. The zero-order valence-electron chi connectivity index (χ0n) is 61.1. The highest BCUT2D eigenvalue weighted by molar-refractivity contribution is 8.13. The Morgan fingerprint density at radius 3 is 1.05 bits per heavy atom. The lowest BCUT2D eigenvalue weighted by Crippen LogP contribution is -2.17. The van der Waals surface area contributed by atoms with Crippen molar-refractivity contribution in [1.29, 1.82) is 0 Å². The quantitative estimate of drug-likeness (QED) is 0.0473. The maximum absolute atomic E-state index is 12.8. The number of rotatable bonds is 13. The number of carbonyl (C=O) groups is 3. The van der Waals surface area contributed by atoms with E-state index in [-0.39, 0.29) is 16.9 Å². The van der Waals surface area contributed by atoms with Crippen molar-refractivity contribution >= 4 is 169 Å². The first-order chi connectivity index (χ1) is 54.9. The van der Waals surface area contributed by atoms with E-state index in [0.717, 1.165) is 99.1 Å². The average molecular weight is 1620 g/mol. The van der Waals surface area contributed by atoms with Crippen molar-refractivity contribution in [2.75, 3.05) is 41.9 Å². The molecule has 0 aromatic heterocycles. The van der Waals surface area contributed by atoms with E-state index >= 15 is 0 Å². The van der Waals surface area contributed by atoms with Crippen LogP contribution in [0.5, 0.6) is 5.75 Å². The van der Waals surface area contributed by atoms with Crippen LogP contribution in [0.2, 0.25) is 0 Å². The Morgan fingerprint density at radius 2 is 0.643 bits per heavy atom. The van der Waals surface area contributed by atoms with Crippen LogP contribution in [0.25, 0.3) is 0 Å². The topological polar surface area (TPSA) is 110 Å². The van der Waals surface area contributed by atoms with Gasteiger partial charge in [0, 0.05) is 118 Å². The molecule has 19 heteroatoms. The Morgan fingerprint density at radius 1 is 0.330 bits per heavy atom. The number of esters is 1. The summed E-state index contributed by atoms with van der Waals surface area (Å²) in [4.78, 5) is 45.8. The van der Waals surface area contributed by atoms with Gasteiger partial charge in [-0.15, -0.1) is 0 Å². The zero-order chi connectivity index (χ0) is 77.0. The molecule has 13 aromatic rings. The second kappa shape index (κ2) is 38.1. The van der Waals surface area contributed by atoms with Crippen molar-refractivity contribution in [3.63, 3.8) is 0 Å². The molecule has 5 heterocycles. The van der Waals surface area contributed by atoms with E-state index in [1.165, 1.54) is 49.6 Å². The molecule has 18 rings (SSSR count). The summed E-state index contributed by atoms with van der Waals surface area (Å²) in [7, 11) is -3.19. The number of ketones is 1. The van der Waals surface area contributed by atoms with Crippen LogP contribution in [-0.4, -0.2) is 121 Å². The van der Waals surface area contributed by atoms with Gasteiger partial charge >= 0.3 is 5.97 Å². The molecule has 0 fully saturated rings. The largest absolute Gasteiger partial charge is 0.423 e. The molecule has 5 aliphatic rings. The van der Waals surface area contributed by atoms with E-state index in [1.54, 1.807) is 71.3 Å². The van der Waals surface area contributed by atoms with E-state index in [0.29, 0.717) is 22.1 Å². The minimum atomic E-state index is -3.19. The van der Waals surface area contributed by atoms with Crippen LogP contribution in [0, 0.1) is 0 Å². The fraction of sp³-hybridized carbons (Fsp3) is 0.0753. The molecule has 0 amide bonds. The number of hydrogen-bond acceptors (Lipinski definition) is 13. The molecule has 13 aromatic carbocycles. The van der Waals surface area contributed by atoms with E-state index in [2.05, 4.69) is 175 Å². The van der Waals surface area contributed by atoms with Gasteiger partial charge in [-0.25, -0.2) is 13.2 Å². The Labute approximate surface area is 683 Å². The van der Waals surface area contributed by atoms with Gasteiger partial charge < -0.3 is 4.74 Å². The molecule has 0 aliphatic carbocycles. The Bertz CT molecular complexity index is 5830. The van der Waals surface area contributed by atoms with Gasteiger partial charge in [0.05, 0.1) is 38.3 Å². The molecule has 0 N–H and O–H groups in total. The maximum Gasteiger partial charge on any atom is 0.344 e. The molecule has 112 heavy (non-hydrogen) atoms. The standard InChI is InChI=1S/C21H16NO2S.C21H16NOS.C20H16NS2.C16H14NOS2.C15H14NO2S2/c23-21(24-18-11-5-2-6-12-18)19-13-7-8-16-14-22(15-25-20(16)19)17-9-3-1-4-10-17;23-20(16-8-3-1-4-9-16)19-13-7-10-17-14-22(15-24-21(17)19)18-11-5-2-6-12-18;1-3-9-17(10-4-1)21-14-16-8-7-13-19(20(16)22-15-21)23-18-11-5-2-6-12-18;1-19-16(18)14-9-5-6-12-10-17(11-20-15(12)14)13-7-3-2-4-8-13;1-20(17,18)14-9-5-6-12-10-16(11-19-15(12)14)13-7-3-2-4-8-13/h1-14H,15H2;1-14H,15H2;1-14H,15H2;2*2-10H,11H2,1H3/q5*+1. The molecule has 0 saturated carbocycles. The van der Waals surface area contributed by atoms with Crippen LogP contribution in [-0.2, 0) is 9.84 Å². The average Bonchev–Trinajstić information content (AvgIpc) is 0.810. The Hall–Kier alpha value is -10.6. The minimum Gasteiger partial charge on any atom is -0.423 e. The number of fused-ring (bicyclic) bond motifs is 5. The van der Waals surface area contributed by atoms with Crippen molar-refractivity contribution in [1.82, 2.24) is 0 Å². The van der Waals surface area contributed by atoms with Crippen LogP contribution in [0.15, 0.2) is 373 Å². The number of para-hydroxylation sites is 6. The third-order valence-corrected chi connectivity index (χ3v) is 26.9. The number of nitrogens with zero attached hydrogens (tertiary/aromatic N) is 5. The number of hydrogen-bond donors (Lipinski definition) is 0. The maximum atomic E-state index is 12.8. The molecular weight excluding hydrogens is 1540 g/mol.